The van der Waals surface area contributed by atoms with E-state index in [0.717, 1.165) is 44.0 Å². The molecule has 2 heterocycles. The number of nitrogens with zero attached hydrogens (tertiary/aromatic N) is 3. The average Bonchev–Trinajstić information content (AvgIpc) is 3.66. The smallest absolute Gasteiger partial charge is 0.235 e. The van der Waals surface area contributed by atoms with Crippen LogP contribution in [0.25, 0.3) is 126 Å². The van der Waals surface area contributed by atoms with Crippen molar-refractivity contribution in [2.24, 2.45) is 0 Å². The summed E-state index contributed by atoms with van der Waals surface area (Å²) in [5.74, 6) is 0.655. The Hall–Kier alpha value is -7.88. The van der Waals surface area contributed by atoms with Gasteiger partial charge in [-0.15, -0.1) is 0 Å². The summed E-state index contributed by atoms with van der Waals surface area (Å²) in [6.45, 7) is 0. The van der Waals surface area contributed by atoms with E-state index in [1.165, 1.54) is 75.8 Å². The molecule has 13 rings (SSSR count). The quantitative estimate of drug-likeness (QED) is 0.169. The van der Waals surface area contributed by atoms with E-state index >= 15 is 0 Å². The molecule has 0 aliphatic carbocycles. The second-order valence-electron chi connectivity index (χ2n) is 15.7. The van der Waals surface area contributed by atoms with Crippen LogP contribution in [0.15, 0.2) is 200 Å². The third-order valence-corrected chi connectivity index (χ3v) is 12.6. The normalized spacial score (nSPS) is 12.1. The highest BCUT2D eigenvalue weighted by molar-refractivity contribution is 6.36. The van der Waals surface area contributed by atoms with Gasteiger partial charge in [0.2, 0.25) is 5.95 Å². The first kappa shape index (κ1) is 32.2. The van der Waals surface area contributed by atoms with Crippen LogP contribution in [0.5, 0.6) is 0 Å². The second kappa shape index (κ2) is 12.3. The lowest BCUT2D eigenvalue weighted by molar-refractivity contribution is 1.02. The van der Waals surface area contributed by atoms with Gasteiger partial charge in [0.25, 0.3) is 0 Å². The van der Waals surface area contributed by atoms with Crippen molar-refractivity contribution >= 4 is 97.3 Å². The predicted molar refractivity (Wildman–Crippen MR) is 250 cm³/mol. The number of rotatable bonds is 3. The molecule has 0 saturated heterocycles. The topological polar surface area (TPSA) is 30.7 Å². The summed E-state index contributed by atoms with van der Waals surface area (Å²) in [6.07, 6.45) is 0. The lowest BCUT2D eigenvalue weighted by Gasteiger charge is -2.15. The van der Waals surface area contributed by atoms with Gasteiger partial charge in [0.1, 0.15) is 0 Å². The van der Waals surface area contributed by atoms with Gasteiger partial charge < -0.3 is 0 Å². The van der Waals surface area contributed by atoms with Gasteiger partial charge in [-0.2, -0.15) is 0 Å². The lowest BCUT2D eigenvalue weighted by Crippen LogP contribution is -2.04. The minimum atomic E-state index is 0.655. The van der Waals surface area contributed by atoms with Crippen molar-refractivity contribution in [3.05, 3.63) is 200 Å². The van der Waals surface area contributed by atoms with E-state index in [4.69, 9.17) is 9.97 Å². The first-order valence-electron chi connectivity index (χ1n) is 20.2. The van der Waals surface area contributed by atoms with Crippen molar-refractivity contribution in [3.8, 4) is 28.3 Å². The Morgan fingerprint density at radius 3 is 1.54 bits per heavy atom. The third kappa shape index (κ3) is 4.64. The Bertz CT molecular complexity index is 3850. The number of hydrogen-bond acceptors (Lipinski definition) is 2. The van der Waals surface area contributed by atoms with E-state index < -0.39 is 0 Å². The predicted octanol–water partition coefficient (Wildman–Crippen LogP) is 15.0. The van der Waals surface area contributed by atoms with Crippen LogP contribution in [-0.2, 0) is 0 Å². The molecule has 0 atom stereocenters. The third-order valence-electron chi connectivity index (χ3n) is 12.6. The van der Waals surface area contributed by atoms with Gasteiger partial charge in [-0.05, 0) is 71.7 Å². The standard InChI is InChI=1S/C56H33N3/c1-4-16-39-34(12-1)15-11-23-40(39)37-24-26-38(27-25-37)53-49-31-29-35-13-2-5-17-41(35)54(49)58-56(57-53)59-50-33-32-47-45-21-8-7-19-43(45)44-20-9-10-22-46(44)51(47)52(50)48-30-28-36-14-3-6-18-42(36)55(48)59/h1-33H. The number of hydrogen-bond donors (Lipinski definition) is 0. The minimum absolute atomic E-state index is 0.655. The molecule has 0 aliphatic rings. The molecule has 13 aromatic rings. The zero-order valence-electron chi connectivity index (χ0n) is 31.9. The molecule has 0 fully saturated rings. The SMILES string of the molecule is c1ccc2c(-c3ccc(-c4nc(-n5c6ccc7c8ccccc8c8ccccc8c7c6c6ccc7ccccc7c65)nc5c4ccc4ccccc45)cc3)cccc2c1. The van der Waals surface area contributed by atoms with Gasteiger partial charge in [0.15, 0.2) is 0 Å². The van der Waals surface area contributed by atoms with Gasteiger partial charge >= 0.3 is 0 Å². The van der Waals surface area contributed by atoms with E-state index in [1.54, 1.807) is 0 Å². The Morgan fingerprint density at radius 2 is 0.814 bits per heavy atom. The molecule has 0 radical (unpaired) electrons. The van der Waals surface area contributed by atoms with E-state index in [9.17, 15) is 0 Å². The van der Waals surface area contributed by atoms with Gasteiger partial charge in [-0.25, -0.2) is 9.97 Å². The van der Waals surface area contributed by atoms with Crippen LogP contribution in [-0.4, -0.2) is 14.5 Å². The molecular formula is C56H33N3. The molecule has 0 bridgehead atoms. The summed E-state index contributed by atoms with van der Waals surface area (Å²) in [4.78, 5) is 11.2. The molecule has 0 aliphatic heterocycles. The molecule has 2 aromatic heterocycles. The molecule has 59 heavy (non-hydrogen) atoms. The van der Waals surface area contributed by atoms with Crippen LogP contribution in [0.4, 0.5) is 0 Å². The Labute approximate surface area is 339 Å². The van der Waals surface area contributed by atoms with Crippen LogP contribution in [0.1, 0.15) is 0 Å². The zero-order chi connectivity index (χ0) is 38.6. The maximum Gasteiger partial charge on any atom is 0.235 e. The van der Waals surface area contributed by atoms with Gasteiger partial charge in [-0.1, -0.05) is 188 Å². The number of aromatic nitrogens is 3. The van der Waals surface area contributed by atoms with Crippen molar-refractivity contribution in [2.45, 2.75) is 0 Å². The molecule has 3 heteroatoms. The number of fused-ring (bicyclic) bond motifs is 16. The van der Waals surface area contributed by atoms with Crippen LogP contribution in [0, 0.1) is 0 Å². The summed E-state index contributed by atoms with van der Waals surface area (Å²) in [5, 5.41) is 18.1. The molecule has 0 amide bonds. The Kier molecular flexibility index (Phi) is 6.72. The molecule has 272 valence electrons. The van der Waals surface area contributed by atoms with E-state index in [1.807, 2.05) is 0 Å². The van der Waals surface area contributed by atoms with Crippen molar-refractivity contribution in [2.75, 3.05) is 0 Å². The molecule has 0 saturated carbocycles. The largest absolute Gasteiger partial charge is 0.277 e. The fraction of sp³-hybridized carbons (Fsp3) is 0. The van der Waals surface area contributed by atoms with Crippen molar-refractivity contribution in [3.63, 3.8) is 0 Å². The maximum absolute atomic E-state index is 5.62. The Morgan fingerprint density at radius 1 is 0.305 bits per heavy atom. The molecular weight excluding hydrogens is 715 g/mol. The lowest BCUT2D eigenvalue weighted by atomic mass is 9.91. The summed E-state index contributed by atoms with van der Waals surface area (Å²) in [5.41, 5.74) is 7.49. The van der Waals surface area contributed by atoms with Crippen molar-refractivity contribution < 1.29 is 0 Å². The summed E-state index contributed by atoms with van der Waals surface area (Å²) in [6, 6.07) is 72.6. The second-order valence-corrected chi connectivity index (χ2v) is 15.7. The maximum atomic E-state index is 5.62. The molecule has 0 unspecified atom stereocenters. The zero-order valence-corrected chi connectivity index (χ0v) is 31.9. The molecule has 0 N–H and O–H groups in total. The first-order chi connectivity index (χ1) is 29.3. The number of benzene rings is 11. The highest BCUT2D eigenvalue weighted by Crippen LogP contribution is 2.45. The monoisotopic (exact) mass is 747 g/mol. The summed E-state index contributed by atoms with van der Waals surface area (Å²) < 4.78 is 2.34. The van der Waals surface area contributed by atoms with E-state index in [-0.39, 0.29) is 0 Å². The van der Waals surface area contributed by atoms with Crippen molar-refractivity contribution in [1.82, 2.24) is 14.5 Å². The van der Waals surface area contributed by atoms with Crippen LogP contribution < -0.4 is 0 Å². The van der Waals surface area contributed by atoms with Gasteiger partial charge in [-0.3, -0.25) is 4.57 Å². The highest BCUT2D eigenvalue weighted by atomic mass is 15.2. The summed E-state index contributed by atoms with van der Waals surface area (Å²) in [7, 11) is 0. The average molecular weight is 748 g/mol. The van der Waals surface area contributed by atoms with Crippen LogP contribution in [0.3, 0.4) is 0 Å². The van der Waals surface area contributed by atoms with E-state index in [2.05, 4.69) is 205 Å². The molecule has 11 aromatic carbocycles. The van der Waals surface area contributed by atoms with Crippen molar-refractivity contribution in [1.29, 1.82) is 0 Å². The fourth-order valence-electron chi connectivity index (χ4n) is 9.93. The Balaban J connectivity index is 1.16. The van der Waals surface area contributed by atoms with E-state index in [0.29, 0.717) is 5.95 Å². The van der Waals surface area contributed by atoms with Crippen LogP contribution in [0.2, 0.25) is 0 Å². The molecule has 0 spiro atoms. The van der Waals surface area contributed by atoms with Gasteiger partial charge in [0, 0.05) is 37.9 Å². The highest BCUT2D eigenvalue weighted by Gasteiger charge is 2.23. The summed E-state index contributed by atoms with van der Waals surface area (Å²) >= 11 is 0. The first-order valence-corrected chi connectivity index (χ1v) is 20.2. The molecule has 3 nitrogen and oxygen atoms in total. The fourth-order valence-corrected chi connectivity index (χ4v) is 9.93. The van der Waals surface area contributed by atoms with Gasteiger partial charge in [0.05, 0.1) is 22.2 Å². The van der Waals surface area contributed by atoms with Crippen LogP contribution >= 0.6 is 0 Å². The minimum Gasteiger partial charge on any atom is -0.277 e.